The average molecular weight is 203 g/mol. The number of nitrogens with two attached hydrogens (primary N) is 1. The van der Waals surface area contributed by atoms with Crippen LogP contribution in [0.2, 0.25) is 0 Å². The summed E-state index contributed by atoms with van der Waals surface area (Å²) in [5.41, 5.74) is 5.21. The summed E-state index contributed by atoms with van der Waals surface area (Å²) >= 11 is 1.53. The molecule has 0 atom stereocenters. The lowest BCUT2D eigenvalue weighted by Crippen LogP contribution is -2.39. The third-order valence-corrected chi connectivity index (χ3v) is 2.57. The molecule has 1 saturated heterocycles. The number of rotatable bonds is 4. The second kappa shape index (κ2) is 5.08. The van der Waals surface area contributed by atoms with Gasteiger partial charge in [0.05, 0.1) is 11.6 Å². The van der Waals surface area contributed by atoms with Crippen LogP contribution in [-0.4, -0.2) is 48.0 Å². The first-order valence-electron chi connectivity index (χ1n) is 4.06. The summed E-state index contributed by atoms with van der Waals surface area (Å²) in [4.78, 5) is 23.8. The van der Waals surface area contributed by atoms with Crippen LogP contribution in [0.3, 0.4) is 0 Å². The number of amides is 2. The molecular weight excluding hydrogens is 190 g/mol. The maximum atomic E-state index is 11.1. The monoisotopic (exact) mass is 203 g/mol. The van der Waals surface area contributed by atoms with Crippen LogP contribution in [0.4, 0.5) is 0 Å². The zero-order valence-corrected chi connectivity index (χ0v) is 8.10. The van der Waals surface area contributed by atoms with Crippen LogP contribution < -0.4 is 11.1 Å². The van der Waals surface area contributed by atoms with Crippen LogP contribution in [0.1, 0.15) is 0 Å². The van der Waals surface area contributed by atoms with Crippen LogP contribution in [0.5, 0.6) is 0 Å². The van der Waals surface area contributed by atoms with Crippen molar-refractivity contribution >= 4 is 23.6 Å². The Labute approximate surface area is 81.0 Å². The van der Waals surface area contributed by atoms with Gasteiger partial charge < -0.3 is 16.0 Å². The topological polar surface area (TPSA) is 75.4 Å². The largest absolute Gasteiger partial charge is 0.353 e. The molecule has 1 aliphatic rings. The highest BCUT2D eigenvalue weighted by Gasteiger charge is 2.22. The minimum Gasteiger partial charge on any atom is -0.353 e. The smallest absolute Gasteiger partial charge is 0.239 e. The van der Waals surface area contributed by atoms with Gasteiger partial charge >= 0.3 is 0 Å². The van der Waals surface area contributed by atoms with Crippen molar-refractivity contribution in [3.8, 4) is 0 Å². The quantitative estimate of drug-likeness (QED) is 0.589. The molecule has 0 radical (unpaired) electrons. The van der Waals surface area contributed by atoms with Gasteiger partial charge in [-0.15, -0.1) is 11.8 Å². The summed E-state index contributed by atoms with van der Waals surface area (Å²) in [6.07, 6.45) is 0. The summed E-state index contributed by atoms with van der Waals surface area (Å²) < 4.78 is 0. The Bertz CT molecular complexity index is 210. The molecule has 1 fully saturated rings. The van der Waals surface area contributed by atoms with Crippen molar-refractivity contribution in [3.05, 3.63) is 0 Å². The van der Waals surface area contributed by atoms with E-state index in [0.29, 0.717) is 24.7 Å². The van der Waals surface area contributed by atoms with E-state index in [0.717, 1.165) is 0 Å². The Morgan fingerprint density at radius 1 is 1.69 bits per heavy atom. The molecule has 0 spiro atoms. The molecule has 1 heterocycles. The summed E-state index contributed by atoms with van der Waals surface area (Å²) in [6.45, 7) is 1.05. The number of carbonyl (C=O) groups excluding carboxylic acids is 2. The van der Waals surface area contributed by atoms with Gasteiger partial charge in [-0.05, 0) is 0 Å². The predicted octanol–water partition coefficient (Wildman–Crippen LogP) is -1.41. The summed E-state index contributed by atoms with van der Waals surface area (Å²) in [7, 11) is 0. The molecule has 74 valence electrons. The molecular formula is C7H13N3O2S. The lowest BCUT2D eigenvalue weighted by Gasteiger charge is -2.13. The molecule has 1 aliphatic heterocycles. The van der Waals surface area contributed by atoms with Crippen molar-refractivity contribution in [3.63, 3.8) is 0 Å². The average Bonchev–Trinajstić information content (AvgIpc) is 2.48. The van der Waals surface area contributed by atoms with Crippen molar-refractivity contribution in [1.82, 2.24) is 10.2 Å². The van der Waals surface area contributed by atoms with E-state index < -0.39 is 0 Å². The molecule has 0 aromatic carbocycles. The molecule has 0 unspecified atom stereocenters. The van der Waals surface area contributed by atoms with Gasteiger partial charge in [0.15, 0.2) is 0 Å². The van der Waals surface area contributed by atoms with E-state index in [2.05, 4.69) is 5.32 Å². The predicted molar refractivity (Wildman–Crippen MR) is 51.1 cm³/mol. The lowest BCUT2D eigenvalue weighted by atomic mass is 10.5. The van der Waals surface area contributed by atoms with E-state index in [-0.39, 0.29) is 18.4 Å². The first kappa shape index (κ1) is 10.3. The molecule has 1 rings (SSSR count). The van der Waals surface area contributed by atoms with Crippen LogP contribution in [0, 0.1) is 0 Å². The Balaban J connectivity index is 2.23. The highest BCUT2D eigenvalue weighted by atomic mass is 32.2. The molecule has 5 nitrogen and oxygen atoms in total. The molecule has 6 heteroatoms. The third kappa shape index (κ3) is 3.23. The number of hydrogen-bond acceptors (Lipinski definition) is 4. The normalized spacial score (nSPS) is 16.4. The second-order valence-electron chi connectivity index (χ2n) is 2.71. The maximum Gasteiger partial charge on any atom is 0.239 e. The van der Waals surface area contributed by atoms with Gasteiger partial charge in [0.2, 0.25) is 11.8 Å². The van der Waals surface area contributed by atoms with E-state index in [1.54, 1.807) is 0 Å². The molecule has 13 heavy (non-hydrogen) atoms. The lowest BCUT2D eigenvalue weighted by molar-refractivity contribution is -0.132. The zero-order valence-electron chi connectivity index (χ0n) is 7.28. The third-order valence-electron chi connectivity index (χ3n) is 1.63. The van der Waals surface area contributed by atoms with Gasteiger partial charge in [0.1, 0.15) is 6.54 Å². The molecule has 0 aliphatic carbocycles. The van der Waals surface area contributed by atoms with E-state index in [4.69, 9.17) is 5.73 Å². The van der Waals surface area contributed by atoms with Gasteiger partial charge in [-0.2, -0.15) is 0 Å². The van der Waals surface area contributed by atoms with Crippen molar-refractivity contribution in [2.45, 2.75) is 0 Å². The van der Waals surface area contributed by atoms with E-state index in [1.807, 2.05) is 0 Å². The van der Waals surface area contributed by atoms with E-state index >= 15 is 0 Å². The zero-order chi connectivity index (χ0) is 9.68. The van der Waals surface area contributed by atoms with Gasteiger partial charge in [0, 0.05) is 13.1 Å². The fourth-order valence-corrected chi connectivity index (χ4v) is 1.89. The van der Waals surface area contributed by atoms with Crippen molar-refractivity contribution in [2.75, 3.05) is 31.3 Å². The number of nitrogens with zero attached hydrogens (tertiary/aromatic N) is 1. The molecule has 0 aromatic heterocycles. The summed E-state index contributed by atoms with van der Waals surface area (Å²) in [5, 5.41) is 2.61. The van der Waals surface area contributed by atoms with Crippen molar-refractivity contribution < 1.29 is 9.59 Å². The van der Waals surface area contributed by atoms with Crippen LogP contribution >= 0.6 is 11.8 Å². The van der Waals surface area contributed by atoms with Crippen molar-refractivity contribution in [1.29, 1.82) is 0 Å². The van der Waals surface area contributed by atoms with Gasteiger partial charge in [-0.3, -0.25) is 9.59 Å². The fraction of sp³-hybridized carbons (Fsp3) is 0.714. The van der Waals surface area contributed by atoms with E-state index in [1.165, 1.54) is 16.7 Å². The standard InChI is InChI=1S/C7H13N3O2S/c8-1-2-9-6(11)3-10-5-13-4-7(10)12/h1-5,8H2,(H,9,11). The highest BCUT2D eigenvalue weighted by Crippen LogP contribution is 2.13. The Morgan fingerprint density at radius 2 is 2.46 bits per heavy atom. The van der Waals surface area contributed by atoms with Gasteiger partial charge in [0.25, 0.3) is 0 Å². The second-order valence-corrected chi connectivity index (χ2v) is 3.66. The SMILES string of the molecule is NCCNC(=O)CN1CSCC1=O. The first-order valence-corrected chi connectivity index (χ1v) is 5.22. The Hall–Kier alpha value is -0.750. The number of hydrogen-bond donors (Lipinski definition) is 2. The molecule has 0 saturated carbocycles. The Kier molecular flexibility index (Phi) is 4.04. The van der Waals surface area contributed by atoms with Gasteiger partial charge in [-0.25, -0.2) is 0 Å². The molecule has 0 aromatic rings. The Morgan fingerprint density at radius 3 is 3.00 bits per heavy atom. The molecule has 2 amide bonds. The summed E-state index contributed by atoms with van der Waals surface area (Å²) in [6, 6.07) is 0. The van der Waals surface area contributed by atoms with Crippen LogP contribution in [0.15, 0.2) is 0 Å². The first-order chi connectivity index (χ1) is 6.24. The van der Waals surface area contributed by atoms with Crippen LogP contribution in [0.25, 0.3) is 0 Å². The summed E-state index contributed by atoms with van der Waals surface area (Å²) in [5.74, 6) is 1.01. The number of carbonyl (C=O) groups is 2. The fourth-order valence-electron chi connectivity index (χ4n) is 0.981. The van der Waals surface area contributed by atoms with Crippen molar-refractivity contribution in [2.24, 2.45) is 5.73 Å². The number of thioether (sulfide) groups is 1. The molecule has 0 bridgehead atoms. The highest BCUT2D eigenvalue weighted by molar-refractivity contribution is 8.00. The molecule has 3 N–H and O–H groups in total. The minimum absolute atomic E-state index is 0.0351. The number of nitrogens with one attached hydrogen (secondary N) is 1. The van der Waals surface area contributed by atoms with Crippen LogP contribution in [-0.2, 0) is 9.59 Å². The minimum atomic E-state index is -0.138. The van der Waals surface area contributed by atoms with Gasteiger partial charge in [-0.1, -0.05) is 0 Å². The van der Waals surface area contributed by atoms with E-state index in [9.17, 15) is 9.59 Å². The maximum absolute atomic E-state index is 11.1.